The van der Waals surface area contributed by atoms with Crippen LogP contribution in [0.1, 0.15) is 41.5 Å². The summed E-state index contributed by atoms with van der Waals surface area (Å²) in [4.78, 5) is 57.6. The van der Waals surface area contributed by atoms with Crippen LogP contribution in [0.15, 0.2) is 0 Å². The van der Waals surface area contributed by atoms with Crippen LogP contribution >= 0.6 is 0 Å². The summed E-state index contributed by atoms with van der Waals surface area (Å²) >= 11 is 0. The lowest BCUT2D eigenvalue weighted by Crippen LogP contribution is -2.68. The first-order chi connectivity index (χ1) is 12.9. The monoisotopic (exact) mass is 404 g/mol. The fourth-order valence-electron chi connectivity index (χ4n) is 2.70. The van der Waals surface area contributed by atoms with E-state index in [1.807, 2.05) is 0 Å². The smallest absolute Gasteiger partial charge is 0.305 e. The number of hydrogen-bond acceptors (Lipinski definition) is 11. The van der Waals surface area contributed by atoms with E-state index >= 15 is 0 Å². The standard InChI is InChI=1S/C17H24O11/c1-8(18)23-7-17(6)15(26-11(4)21)13(24-9(2)19)14(25-10(3)20)16(28-17)27-12(5)22/h13-16H,7H2,1-6H3/t13-,14+,15+,16+,17-/m0/s1. The lowest BCUT2D eigenvalue weighted by atomic mass is 9.88. The fraction of sp³-hybridized carbons (Fsp3) is 0.706. The molecule has 0 radical (unpaired) electrons. The highest BCUT2D eigenvalue weighted by Crippen LogP contribution is 2.36. The van der Waals surface area contributed by atoms with E-state index in [1.54, 1.807) is 0 Å². The molecular weight excluding hydrogens is 380 g/mol. The van der Waals surface area contributed by atoms with E-state index in [9.17, 15) is 24.0 Å². The number of hydrogen-bond donors (Lipinski definition) is 0. The summed E-state index contributed by atoms with van der Waals surface area (Å²) < 4.78 is 31.4. The molecule has 0 aromatic carbocycles. The first-order valence-corrected chi connectivity index (χ1v) is 8.35. The quantitative estimate of drug-likeness (QED) is 0.437. The van der Waals surface area contributed by atoms with E-state index in [1.165, 1.54) is 6.92 Å². The maximum atomic E-state index is 11.6. The normalized spacial score (nSPS) is 29.2. The van der Waals surface area contributed by atoms with Crippen molar-refractivity contribution in [3.8, 4) is 0 Å². The molecule has 1 heterocycles. The van der Waals surface area contributed by atoms with Crippen molar-refractivity contribution < 1.29 is 52.4 Å². The second kappa shape index (κ2) is 9.49. The van der Waals surface area contributed by atoms with Crippen molar-refractivity contribution in [3.63, 3.8) is 0 Å². The molecule has 1 saturated heterocycles. The van der Waals surface area contributed by atoms with Crippen molar-refractivity contribution in [3.05, 3.63) is 0 Å². The van der Waals surface area contributed by atoms with Gasteiger partial charge in [-0.25, -0.2) is 0 Å². The van der Waals surface area contributed by atoms with Gasteiger partial charge in [-0.05, 0) is 6.92 Å². The molecule has 0 unspecified atom stereocenters. The van der Waals surface area contributed by atoms with Crippen molar-refractivity contribution in [2.24, 2.45) is 0 Å². The van der Waals surface area contributed by atoms with Crippen LogP contribution in [0.5, 0.6) is 0 Å². The van der Waals surface area contributed by atoms with Gasteiger partial charge in [-0.1, -0.05) is 0 Å². The van der Waals surface area contributed by atoms with E-state index in [0.717, 1.165) is 34.6 Å². The van der Waals surface area contributed by atoms with Crippen molar-refractivity contribution in [1.29, 1.82) is 0 Å². The van der Waals surface area contributed by atoms with Crippen LogP contribution in [-0.4, -0.2) is 66.7 Å². The van der Waals surface area contributed by atoms with Gasteiger partial charge in [-0.15, -0.1) is 0 Å². The lowest BCUT2D eigenvalue weighted by molar-refractivity contribution is -0.329. The molecule has 0 saturated carbocycles. The van der Waals surface area contributed by atoms with Crippen molar-refractivity contribution >= 4 is 29.8 Å². The average Bonchev–Trinajstić information content (AvgIpc) is 2.51. The summed E-state index contributed by atoms with van der Waals surface area (Å²) in [5, 5.41) is 0. The Labute approximate surface area is 161 Å². The Hall–Kier alpha value is -2.69. The van der Waals surface area contributed by atoms with E-state index in [2.05, 4.69) is 0 Å². The number of esters is 5. The molecule has 0 bridgehead atoms. The van der Waals surface area contributed by atoms with Gasteiger partial charge < -0.3 is 28.4 Å². The zero-order valence-corrected chi connectivity index (χ0v) is 16.5. The third kappa shape index (κ3) is 6.48. The van der Waals surface area contributed by atoms with E-state index in [0.29, 0.717) is 0 Å². The summed E-state index contributed by atoms with van der Waals surface area (Å²) in [7, 11) is 0. The van der Waals surface area contributed by atoms with Gasteiger partial charge >= 0.3 is 29.8 Å². The summed E-state index contributed by atoms with van der Waals surface area (Å²) in [5.74, 6) is -3.75. The maximum absolute atomic E-state index is 11.6. The van der Waals surface area contributed by atoms with Crippen LogP contribution in [0.2, 0.25) is 0 Å². The van der Waals surface area contributed by atoms with Gasteiger partial charge in [0.2, 0.25) is 12.4 Å². The first-order valence-electron chi connectivity index (χ1n) is 8.35. The largest absolute Gasteiger partial charge is 0.463 e. The topological polar surface area (TPSA) is 141 Å². The number of ether oxygens (including phenoxy) is 6. The zero-order valence-electron chi connectivity index (χ0n) is 16.5. The molecule has 0 amide bonds. The Balaban J connectivity index is 3.44. The van der Waals surface area contributed by atoms with Crippen LogP contribution in [-0.2, 0) is 52.4 Å². The Morgan fingerprint density at radius 2 is 1.18 bits per heavy atom. The van der Waals surface area contributed by atoms with Crippen LogP contribution in [0, 0.1) is 0 Å². The molecule has 0 N–H and O–H groups in total. The summed E-state index contributed by atoms with van der Waals surface area (Å²) in [6.45, 7) is 6.51. The molecule has 5 atom stereocenters. The lowest BCUT2D eigenvalue weighted by Gasteiger charge is -2.48. The maximum Gasteiger partial charge on any atom is 0.305 e. The molecule has 0 aromatic heterocycles. The highest BCUT2D eigenvalue weighted by Gasteiger charge is 2.59. The molecule has 1 rings (SSSR count). The number of carbonyl (C=O) groups is 5. The van der Waals surface area contributed by atoms with Crippen LogP contribution < -0.4 is 0 Å². The predicted octanol–water partition coefficient (Wildman–Crippen LogP) is 0.0227. The van der Waals surface area contributed by atoms with E-state index in [-0.39, 0.29) is 0 Å². The molecule has 1 aliphatic heterocycles. The SMILES string of the molecule is CC(=O)OC[C@]1(C)O[C@@H](OC(C)=O)[C@H](OC(C)=O)[C@H](OC(C)=O)[C@H]1OC(C)=O. The van der Waals surface area contributed by atoms with Gasteiger partial charge in [0.25, 0.3) is 0 Å². The first kappa shape index (κ1) is 23.3. The summed E-state index contributed by atoms with van der Waals surface area (Å²) in [6, 6.07) is 0. The number of rotatable bonds is 6. The molecule has 1 aliphatic rings. The van der Waals surface area contributed by atoms with E-state index < -0.39 is 66.7 Å². The Morgan fingerprint density at radius 3 is 1.61 bits per heavy atom. The van der Waals surface area contributed by atoms with E-state index in [4.69, 9.17) is 28.4 Å². The molecule has 1 fully saturated rings. The Bertz CT molecular complexity index is 643. The van der Waals surface area contributed by atoms with Gasteiger partial charge in [0.05, 0.1) is 0 Å². The van der Waals surface area contributed by atoms with Crippen LogP contribution in [0.3, 0.4) is 0 Å². The van der Waals surface area contributed by atoms with Gasteiger partial charge in [0.15, 0.2) is 12.2 Å². The molecule has 0 spiro atoms. The second-order valence-electron chi connectivity index (χ2n) is 6.37. The summed E-state index contributed by atoms with van der Waals surface area (Å²) in [5.41, 5.74) is -1.59. The van der Waals surface area contributed by atoms with Crippen molar-refractivity contribution in [2.75, 3.05) is 6.61 Å². The molecule has 0 aromatic rings. The van der Waals surface area contributed by atoms with Gasteiger partial charge in [0.1, 0.15) is 12.2 Å². The zero-order chi connectivity index (χ0) is 21.6. The Morgan fingerprint density at radius 1 is 0.714 bits per heavy atom. The van der Waals surface area contributed by atoms with Gasteiger partial charge in [0, 0.05) is 34.6 Å². The highest BCUT2D eigenvalue weighted by atomic mass is 16.8. The van der Waals surface area contributed by atoms with Crippen molar-refractivity contribution in [2.45, 2.75) is 71.7 Å². The third-order valence-corrected chi connectivity index (χ3v) is 3.62. The minimum Gasteiger partial charge on any atom is -0.463 e. The second-order valence-corrected chi connectivity index (χ2v) is 6.37. The summed E-state index contributed by atoms with van der Waals surface area (Å²) in [6.07, 6.45) is -5.69. The van der Waals surface area contributed by atoms with Gasteiger partial charge in [-0.3, -0.25) is 24.0 Å². The minimum absolute atomic E-state index is 0.428. The fourth-order valence-corrected chi connectivity index (χ4v) is 2.70. The molecular formula is C17H24O11. The molecule has 158 valence electrons. The average molecular weight is 404 g/mol. The highest BCUT2D eigenvalue weighted by molar-refractivity contribution is 5.69. The number of carbonyl (C=O) groups excluding carboxylic acids is 5. The molecule has 11 nitrogen and oxygen atoms in total. The molecule has 0 aliphatic carbocycles. The van der Waals surface area contributed by atoms with Gasteiger partial charge in [-0.2, -0.15) is 0 Å². The predicted molar refractivity (Wildman–Crippen MR) is 88.3 cm³/mol. The molecule has 28 heavy (non-hydrogen) atoms. The van der Waals surface area contributed by atoms with Crippen LogP contribution in [0.25, 0.3) is 0 Å². The van der Waals surface area contributed by atoms with Crippen molar-refractivity contribution in [1.82, 2.24) is 0 Å². The molecule has 11 heteroatoms. The third-order valence-electron chi connectivity index (χ3n) is 3.62. The Kier molecular flexibility index (Phi) is 7.91. The van der Waals surface area contributed by atoms with Crippen LogP contribution in [0.4, 0.5) is 0 Å². The minimum atomic E-state index is -1.59.